The van der Waals surface area contributed by atoms with Crippen LogP contribution in [0.4, 0.5) is 0 Å². The van der Waals surface area contributed by atoms with Crippen LogP contribution in [0.3, 0.4) is 0 Å². The first-order valence-corrected chi connectivity index (χ1v) is 47.1. The predicted molar refractivity (Wildman–Crippen MR) is 575 cm³/mol. The highest BCUT2D eigenvalue weighted by Crippen LogP contribution is 2.43. The molecule has 0 saturated heterocycles. The molecule has 0 N–H and O–H groups in total. The maximum absolute atomic E-state index is 6.57. The molecule has 0 atom stereocenters. The fourth-order valence-corrected chi connectivity index (χ4v) is 18.8. The number of hydrogen-bond donors (Lipinski definition) is 0. The maximum atomic E-state index is 6.57. The van der Waals surface area contributed by atoms with Crippen LogP contribution in [0.15, 0.2) is 505 Å². The summed E-state index contributed by atoms with van der Waals surface area (Å²) in [6.07, 6.45) is 0. The van der Waals surface area contributed by atoms with Crippen molar-refractivity contribution in [2.24, 2.45) is 0 Å². The Balaban J connectivity index is 0.000000111. The van der Waals surface area contributed by atoms with E-state index >= 15 is 0 Å². The molecule has 0 bridgehead atoms. The third kappa shape index (κ3) is 16.9. The molecule has 12 heteroatoms. The van der Waals surface area contributed by atoms with Crippen LogP contribution in [-0.4, -0.2) is 44.9 Å². The van der Waals surface area contributed by atoms with E-state index in [2.05, 4.69) is 425 Å². The van der Waals surface area contributed by atoms with Crippen LogP contribution in [0.5, 0.6) is 0 Å². The smallest absolute Gasteiger partial charge is 0.167 e. The molecular formula is C129H81N9O3. The summed E-state index contributed by atoms with van der Waals surface area (Å²) in [7, 11) is 0. The zero-order valence-electron chi connectivity index (χ0n) is 76.0. The minimum absolute atomic E-state index is 0.568. The monoisotopic (exact) mass is 1800 g/mol. The molecule has 21 aromatic carbocycles. The maximum Gasteiger partial charge on any atom is 0.167 e. The number of fused-ring (bicyclic) bond motifs is 12. The van der Waals surface area contributed by atoms with Gasteiger partial charge < -0.3 is 13.3 Å². The Morgan fingerprint density at radius 2 is 0.326 bits per heavy atom. The van der Waals surface area contributed by atoms with Gasteiger partial charge >= 0.3 is 0 Å². The highest BCUT2D eigenvalue weighted by atomic mass is 16.3. The van der Waals surface area contributed by atoms with Gasteiger partial charge in [-0.3, -0.25) is 0 Å². The second-order valence-corrected chi connectivity index (χ2v) is 35.1. The van der Waals surface area contributed by atoms with Crippen LogP contribution in [0.2, 0.25) is 0 Å². The summed E-state index contributed by atoms with van der Waals surface area (Å²) < 4.78 is 19.2. The topological polar surface area (TPSA) is 155 Å². The molecule has 6 heterocycles. The van der Waals surface area contributed by atoms with Gasteiger partial charge in [0.1, 0.15) is 33.5 Å². The molecule has 0 amide bonds. The summed E-state index contributed by atoms with van der Waals surface area (Å²) in [5, 5.41) is 13.4. The van der Waals surface area contributed by atoms with Gasteiger partial charge in [-0.1, -0.05) is 419 Å². The van der Waals surface area contributed by atoms with E-state index in [-0.39, 0.29) is 0 Å². The lowest BCUT2D eigenvalue weighted by Gasteiger charge is -2.10. The molecule has 0 aliphatic carbocycles. The number of benzene rings is 21. The summed E-state index contributed by atoms with van der Waals surface area (Å²) in [5.41, 5.74) is 27.0. The van der Waals surface area contributed by atoms with E-state index in [1.165, 1.54) is 49.5 Å². The number of aromatic nitrogens is 9. The van der Waals surface area contributed by atoms with Crippen molar-refractivity contribution in [2.75, 3.05) is 0 Å². The standard InChI is InChI=1S/3C43H27N3O/c1-3-10-28(11-4-1)30-18-22-32(23-19-30)41-44-42(33-24-20-31(21-25-33)29-12-5-2-6-13-29)46-43(45-41)37-17-9-16-36-38-26-34-14-7-8-15-35(34)27-39(38)47-40(36)37;1-3-9-28(10-4-1)30-15-19-32(20-16-30)41-44-42(33-21-17-31(18-22-33)29-11-5-2-6-12-29)46-43(45-41)36-23-24-39-37(26-36)38-25-34-13-7-8-14-35(34)27-40(38)47-39;1-3-9-28(10-4-1)30-15-19-32(20-16-30)41-44-42(33-21-17-31(18-22-33)29-11-5-2-6-12-29)46-43(45-41)36-23-24-37-38-25-34-13-7-8-14-35(34)26-40(38)47-39(37)27-36/h3*1-27H. The minimum Gasteiger partial charge on any atom is -0.456 e. The Morgan fingerprint density at radius 3 is 0.645 bits per heavy atom. The van der Waals surface area contributed by atoms with Crippen molar-refractivity contribution in [3.8, 4) is 169 Å². The van der Waals surface area contributed by atoms with Gasteiger partial charge in [-0.05, 0) is 172 Å². The summed E-state index contributed by atoms with van der Waals surface area (Å²) in [6.45, 7) is 0. The average molecular weight is 1810 g/mol. The Morgan fingerprint density at radius 1 is 0.113 bits per heavy atom. The molecule has 141 heavy (non-hydrogen) atoms. The molecule has 0 aliphatic heterocycles. The van der Waals surface area contributed by atoms with E-state index in [9.17, 15) is 0 Å². The molecule has 0 unspecified atom stereocenters. The lowest BCUT2D eigenvalue weighted by molar-refractivity contribution is 0.669. The first-order valence-electron chi connectivity index (χ1n) is 47.1. The molecule has 0 spiro atoms. The van der Waals surface area contributed by atoms with Gasteiger partial charge in [0.2, 0.25) is 0 Å². The van der Waals surface area contributed by atoms with E-state index in [0.717, 1.165) is 165 Å². The highest BCUT2D eigenvalue weighted by molar-refractivity contribution is 6.15. The van der Waals surface area contributed by atoms with Crippen LogP contribution in [0.25, 0.3) is 267 Å². The normalized spacial score (nSPS) is 11.4. The highest BCUT2D eigenvalue weighted by Gasteiger charge is 2.23. The zero-order chi connectivity index (χ0) is 93.5. The first-order chi connectivity index (χ1) is 69.8. The largest absolute Gasteiger partial charge is 0.456 e. The molecule has 27 rings (SSSR count). The second kappa shape index (κ2) is 36.6. The lowest BCUT2D eigenvalue weighted by atomic mass is 10.0. The van der Waals surface area contributed by atoms with Crippen molar-refractivity contribution >= 4 is 98.1 Å². The SMILES string of the molecule is c1ccc(-c2ccc(-c3nc(-c4ccc(-c5ccccc5)cc4)nc(-c4ccc5c(c4)oc4cc6ccccc6cc45)n3)cc2)cc1.c1ccc(-c2ccc(-c3nc(-c4ccc(-c5ccccc5)cc4)nc(-c4ccc5oc6cc7ccccc7cc6c5c4)n3)cc2)cc1.c1ccc(-c2ccc(-c3nc(-c4ccc(-c5ccccc5)cc4)nc(-c4cccc5c4oc4cc6ccccc6cc45)n3)cc2)cc1. The average Bonchev–Trinajstić information content (AvgIpc) is 1.61. The number of nitrogens with zero attached hydrogens (tertiary/aromatic N) is 9. The molecule has 0 fully saturated rings. The molecule has 0 saturated carbocycles. The van der Waals surface area contributed by atoms with Crippen LogP contribution in [0.1, 0.15) is 0 Å². The molecule has 0 radical (unpaired) electrons. The number of para-hydroxylation sites is 1. The molecule has 6 aromatic heterocycles. The van der Waals surface area contributed by atoms with Gasteiger partial charge in [0.05, 0.1) is 5.56 Å². The molecular weight excluding hydrogens is 1720 g/mol. The molecule has 0 aliphatic rings. The van der Waals surface area contributed by atoms with Crippen molar-refractivity contribution in [1.29, 1.82) is 0 Å². The Bertz CT molecular complexity index is 9000. The van der Waals surface area contributed by atoms with Crippen LogP contribution in [0, 0.1) is 0 Å². The molecule has 27 aromatic rings. The minimum atomic E-state index is 0.568. The van der Waals surface area contributed by atoms with Gasteiger partial charge in [0.15, 0.2) is 52.4 Å². The van der Waals surface area contributed by atoms with Gasteiger partial charge in [0, 0.05) is 76.8 Å². The van der Waals surface area contributed by atoms with E-state index < -0.39 is 0 Å². The van der Waals surface area contributed by atoms with E-state index in [1.54, 1.807) is 0 Å². The molecule has 12 nitrogen and oxygen atoms in total. The predicted octanol–water partition coefficient (Wildman–Crippen LogP) is 33.8. The summed E-state index contributed by atoms with van der Waals surface area (Å²) >= 11 is 0. The summed E-state index contributed by atoms with van der Waals surface area (Å²) in [4.78, 5) is 45.2. The van der Waals surface area contributed by atoms with Crippen molar-refractivity contribution in [3.05, 3.63) is 491 Å². The third-order valence-electron chi connectivity index (χ3n) is 26.2. The number of hydrogen-bond acceptors (Lipinski definition) is 12. The van der Waals surface area contributed by atoms with Gasteiger partial charge in [-0.25, -0.2) is 44.9 Å². The Hall–Kier alpha value is -19.2. The van der Waals surface area contributed by atoms with Crippen LogP contribution in [-0.2, 0) is 0 Å². The third-order valence-corrected chi connectivity index (χ3v) is 26.2. The quantitative estimate of drug-likeness (QED) is 0.0959. The van der Waals surface area contributed by atoms with Crippen molar-refractivity contribution in [2.45, 2.75) is 0 Å². The van der Waals surface area contributed by atoms with Gasteiger partial charge in [-0.15, -0.1) is 0 Å². The lowest BCUT2D eigenvalue weighted by Crippen LogP contribution is -2.00. The fourth-order valence-electron chi connectivity index (χ4n) is 18.8. The van der Waals surface area contributed by atoms with E-state index in [4.69, 9.17) is 58.1 Å². The van der Waals surface area contributed by atoms with Gasteiger partial charge in [0.25, 0.3) is 0 Å². The number of furan rings is 3. The van der Waals surface area contributed by atoms with Crippen molar-refractivity contribution in [1.82, 2.24) is 44.9 Å². The second-order valence-electron chi connectivity index (χ2n) is 35.1. The zero-order valence-corrected chi connectivity index (χ0v) is 76.0. The summed E-state index contributed by atoms with van der Waals surface area (Å²) in [6, 6.07) is 169. The fraction of sp³-hybridized carbons (Fsp3) is 0. The number of rotatable bonds is 15. The van der Waals surface area contributed by atoms with Crippen LogP contribution >= 0.6 is 0 Å². The van der Waals surface area contributed by atoms with Crippen molar-refractivity contribution < 1.29 is 13.3 Å². The summed E-state index contributed by atoms with van der Waals surface area (Å²) in [5.74, 6) is 5.47. The van der Waals surface area contributed by atoms with Crippen LogP contribution < -0.4 is 0 Å². The molecule has 660 valence electrons. The Kier molecular flexibility index (Phi) is 21.7. The van der Waals surface area contributed by atoms with Gasteiger partial charge in [-0.2, -0.15) is 0 Å². The van der Waals surface area contributed by atoms with Crippen molar-refractivity contribution in [3.63, 3.8) is 0 Å². The Labute approximate surface area is 811 Å². The first kappa shape index (κ1) is 83.6. The van der Waals surface area contributed by atoms with E-state index in [1.807, 2.05) is 66.7 Å². The van der Waals surface area contributed by atoms with E-state index in [0.29, 0.717) is 52.4 Å².